The highest BCUT2D eigenvalue weighted by atomic mass is 19.4. The number of anilines is 1. The zero-order valence-electron chi connectivity index (χ0n) is 9.20. The molecule has 1 aliphatic carbocycles. The molecule has 17 heavy (non-hydrogen) atoms. The van der Waals surface area contributed by atoms with Crippen LogP contribution in [0, 0.1) is 0 Å². The van der Waals surface area contributed by atoms with Gasteiger partial charge in [0.1, 0.15) is 6.61 Å². The van der Waals surface area contributed by atoms with E-state index in [2.05, 4.69) is 15.0 Å². The first kappa shape index (κ1) is 12.2. The van der Waals surface area contributed by atoms with E-state index in [1.54, 1.807) is 6.20 Å². The van der Waals surface area contributed by atoms with Crippen LogP contribution in [0.4, 0.5) is 19.1 Å². The Morgan fingerprint density at radius 2 is 2.24 bits per heavy atom. The Bertz CT molecular complexity index is 360. The quantitative estimate of drug-likeness (QED) is 0.786. The van der Waals surface area contributed by atoms with Gasteiger partial charge >= 0.3 is 6.18 Å². The van der Waals surface area contributed by atoms with Crippen LogP contribution >= 0.6 is 0 Å². The summed E-state index contributed by atoms with van der Waals surface area (Å²) in [5, 5.41) is 2.96. The molecule has 0 aromatic carbocycles. The molecule has 4 nitrogen and oxygen atoms in total. The first-order valence-electron chi connectivity index (χ1n) is 5.47. The van der Waals surface area contributed by atoms with Crippen LogP contribution in [0.5, 0.6) is 0 Å². The highest BCUT2D eigenvalue weighted by molar-refractivity contribution is 5.27. The Labute approximate surface area is 96.8 Å². The summed E-state index contributed by atoms with van der Waals surface area (Å²) in [5.41, 5.74) is 0. The lowest BCUT2D eigenvalue weighted by Gasteiger charge is -2.10. The number of imidazole rings is 1. The number of nitrogens with zero attached hydrogens (tertiary/aromatic N) is 2. The summed E-state index contributed by atoms with van der Waals surface area (Å²) >= 11 is 0. The number of ether oxygens (including phenoxy) is 1. The molecular weight excluding hydrogens is 235 g/mol. The number of halogens is 3. The standard InChI is InChI=1S/C10H14F3N3O/c11-10(12,13)7-17-6-4-15-9-14-3-5-16(9)8-1-2-8/h3,5,8H,1-2,4,6-7H2,(H,14,15). The molecule has 96 valence electrons. The van der Waals surface area contributed by atoms with Crippen molar-refractivity contribution in [3.05, 3.63) is 12.4 Å². The van der Waals surface area contributed by atoms with Crippen molar-refractivity contribution >= 4 is 5.95 Å². The SMILES string of the molecule is FC(F)(F)COCCNc1nccn1C1CC1. The topological polar surface area (TPSA) is 39.1 Å². The van der Waals surface area contributed by atoms with Gasteiger partial charge in [0.25, 0.3) is 0 Å². The molecule has 1 aliphatic rings. The largest absolute Gasteiger partial charge is 0.411 e. The van der Waals surface area contributed by atoms with Gasteiger partial charge in [-0.15, -0.1) is 0 Å². The smallest absolute Gasteiger partial charge is 0.370 e. The van der Waals surface area contributed by atoms with Gasteiger partial charge in [-0.1, -0.05) is 0 Å². The van der Waals surface area contributed by atoms with Gasteiger partial charge in [0.2, 0.25) is 5.95 Å². The lowest BCUT2D eigenvalue weighted by Crippen LogP contribution is -2.20. The molecule has 1 heterocycles. The third kappa shape index (κ3) is 3.92. The van der Waals surface area contributed by atoms with E-state index in [1.165, 1.54) is 0 Å². The number of nitrogens with one attached hydrogen (secondary N) is 1. The number of alkyl halides is 3. The fourth-order valence-electron chi connectivity index (χ4n) is 1.52. The lowest BCUT2D eigenvalue weighted by atomic mass is 10.6. The van der Waals surface area contributed by atoms with E-state index >= 15 is 0 Å². The Kier molecular flexibility index (Phi) is 3.56. The summed E-state index contributed by atoms with van der Waals surface area (Å²) in [6.45, 7) is -0.872. The van der Waals surface area contributed by atoms with Crippen molar-refractivity contribution in [2.75, 3.05) is 25.1 Å². The second-order valence-corrected chi connectivity index (χ2v) is 3.98. The maximum atomic E-state index is 11.8. The monoisotopic (exact) mass is 249 g/mol. The van der Waals surface area contributed by atoms with Gasteiger partial charge in [0.15, 0.2) is 0 Å². The first-order chi connectivity index (χ1) is 8.06. The van der Waals surface area contributed by atoms with Crippen LogP contribution in [-0.4, -0.2) is 35.5 Å². The Morgan fingerprint density at radius 3 is 2.88 bits per heavy atom. The zero-order valence-corrected chi connectivity index (χ0v) is 9.20. The van der Waals surface area contributed by atoms with Crippen LogP contribution in [-0.2, 0) is 4.74 Å². The van der Waals surface area contributed by atoms with E-state index < -0.39 is 12.8 Å². The molecule has 1 aromatic rings. The normalized spacial score (nSPS) is 16.2. The highest BCUT2D eigenvalue weighted by Gasteiger charge is 2.27. The van der Waals surface area contributed by atoms with Gasteiger partial charge in [-0.25, -0.2) is 4.98 Å². The van der Waals surface area contributed by atoms with Crippen molar-refractivity contribution in [3.63, 3.8) is 0 Å². The van der Waals surface area contributed by atoms with Crippen molar-refractivity contribution in [1.82, 2.24) is 9.55 Å². The average Bonchev–Trinajstić information content (AvgIpc) is 2.97. The van der Waals surface area contributed by atoms with Crippen LogP contribution in [0.1, 0.15) is 18.9 Å². The van der Waals surface area contributed by atoms with Gasteiger partial charge in [0.05, 0.1) is 6.61 Å². The fraction of sp³-hybridized carbons (Fsp3) is 0.700. The maximum absolute atomic E-state index is 11.8. The van der Waals surface area contributed by atoms with Crippen molar-refractivity contribution < 1.29 is 17.9 Å². The molecule has 0 unspecified atom stereocenters. The van der Waals surface area contributed by atoms with E-state index in [-0.39, 0.29) is 6.61 Å². The molecule has 2 rings (SSSR count). The Morgan fingerprint density at radius 1 is 1.47 bits per heavy atom. The minimum Gasteiger partial charge on any atom is -0.370 e. The molecule has 0 spiro atoms. The third-order valence-electron chi connectivity index (χ3n) is 2.40. The number of hydrogen-bond donors (Lipinski definition) is 1. The summed E-state index contributed by atoms with van der Waals surface area (Å²) in [4.78, 5) is 4.10. The van der Waals surface area contributed by atoms with Crippen molar-refractivity contribution in [2.45, 2.75) is 25.1 Å². The summed E-state index contributed by atoms with van der Waals surface area (Å²) in [6.07, 6.45) is 1.56. The molecule has 0 saturated heterocycles. The molecule has 1 fully saturated rings. The van der Waals surface area contributed by atoms with E-state index in [0.29, 0.717) is 18.5 Å². The average molecular weight is 249 g/mol. The second-order valence-electron chi connectivity index (χ2n) is 3.98. The summed E-state index contributed by atoms with van der Waals surface area (Å²) in [7, 11) is 0. The maximum Gasteiger partial charge on any atom is 0.411 e. The van der Waals surface area contributed by atoms with Crippen molar-refractivity contribution in [1.29, 1.82) is 0 Å². The van der Waals surface area contributed by atoms with Crippen molar-refractivity contribution in [2.24, 2.45) is 0 Å². The van der Waals surface area contributed by atoms with Gasteiger partial charge in [-0.3, -0.25) is 0 Å². The Balaban J connectivity index is 1.66. The molecule has 0 bridgehead atoms. The molecule has 0 aliphatic heterocycles. The van der Waals surface area contributed by atoms with Gasteiger partial charge in [-0.2, -0.15) is 13.2 Å². The van der Waals surface area contributed by atoms with Crippen LogP contribution in [0.25, 0.3) is 0 Å². The molecular formula is C10H14F3N3O. The molecule has 7 heteroatoms. The molecule has 1 N–H and O–H groups in total. The van der Waals surface area contributed by atoms with E-state index in [0.717, 1.165) is 12.8 Å². The zero-order chi connectivity index (χ0) is 12.3. The van der Waals surface area contributed by atoms with Gasteiger partial charge in [0, 0.05) is 25.0 Å². The van der Waals surface area contributed by atoms with E-state index in [1.807, 2.05) is 10.8 Å². The fourth-order valence-corrected chi connectivity index (χ4v) is 1.52. The predicted molar refractivity (Wildman–Crippen MR) is 55.9 cm³/mol. The third-order valence-corrected chi connectivity index (χ3v) is 2.40. The highest BCUT2D eigenvalue weighted by Crippen LogP contribution is 2.36. The van der Waals surface area contributed by atoms with Crippen LogP contribution < -0.4 is 5.32 Å². The molecule has 0 atom stereocenters. The minimum atomic E-state index is -4.26. The van der Waals surface area contributed by atoms with Crippen molar-refractivity contribution in [3.8, 4) is 0 Å². The summed E-state index contributed by atoms with van der Waals surface area (Å²) in [5.74, 6) is 0.697. The predicted octanol–water partition coefficient (Wildman–Crippen LogP) is 2.21. The molecule has 1 saturated carbocycles. The van der Waals surface area contributed by atoms with E-state index in [4.69, 9.17) is 0 Å². The molecule has 0 amide bonds. The molecule has 0 radical (unpaired) electrons. The molecule has 1 aromatic heterocycles. The first-order valence-corrected chi connectivity index (χ1v) is 5.47. The minimum absolute atomic E-state index is 0.0109. The number of hydrogen-bond acceptors (Lipinski definition) is 3. The van der Waals surface area contributed by atoms with Crippen LogP contribution in [0.15, 0.2) is 12.4 Å². The number of aromatic nitrogens is 2. The van der Waals surface area contributed by atoms with Gasteiger partial charge < -0.3 is 14.6 Å². The van der Waals surface area contributed by atoms with Gasteiger partial charge in [-0.05, 0) is 12.8 Å². The summed E-state index contributed by atoms with van der Waals surface area (Å²) < 4.78 is 41.8. The lowest BCUT2D eigenvalue weighted by molar-refractivity contribution is -0.172. The summed E-state index contributed by atoms with van der Waals surface area (Å²) in [6, 6.07) is 0.496. The second kappa shape index (κ2) is 4.95. The Hall–Kier alpha value is -1.24. The number of rotatable bonds is 6. The van der Waals surface area contributed by atoms with E-state index in [9.17, 15) is 13.2 Å². The van der Waals surface area contributed by atoms with Crippen LogP contribution in [0.2, 0.25) is 0 Å². The van der Waals surface area contributed by atoms with Crippen LogP contribution in [0.3, 0.4) is 0 Å².